The summed E-state index contributed by atoms with van der Waals surface area (Å²) < 4.78 is 6.18. The van der Waals surface area contributed by atoms with E-state index in [1.165, 1.54) is 63.4 Å². The van der Waals surface area contributed by atoms with Crippen molar-refractivity contribution in [3.05, 3.63) is 43.7 Å². The van der Waals surface area contributed by atoms with E-state index in [9.17, 15) is 0 Å². The average molecular weight is 341 g/mol. The molecule has 3 rings (SSSR count). The van der Waals surface area contributed by atoms with Crippen LogP contribution in [0.3, 0.4) is 0 Å². The van der Waals surface area contributed by atoms with Crippen molar-refractivity contribution in [2.45, 2.75) is 83.0 Å². The van der Waals surface area contributed by atoms with Crippen molar-refractivity contribution in [2.24, 2.45) is 11.3 Å². The summed E-state index contributed by atoms with van der Waals surface area (Å²) >= 11 is 0. The highest BCUT2D eigenvalue weighted by atomic mass is 16.5. The Kier molecular flexibility index (Phi) is 6.84. The van der Waals surface area contributed by atoms with Gasteiger partial charge in [0.05, 0.1) is 6.61 Å². The second-order valence-corrected chi connectivity index (χ2v) is 8.53. The molecule has 0 heterocycles. The smallest absolute Gasteiger partial charge is 0.119 e. The maximum absolute atomic E-state index is 6.18. The van der Waals surface area contributed by atoms with Gasteiger partial charge in [-0.3, -0.25) is 0 Å². The lowest BCUT2D eigenvalue weighted by Crippen LogP contribution is -2.33. The van der Waals surface area contributed by atoms with Crippen LogP contribution in [0.25, 0.3) is 0 Å². The molecule has 1 spiro atoms. The predicted molar refractivity (Wildman–Crippen MR) is 107 cm³/mol. The lowest BCUT2D eigenvalue weighted by molar-refractivity contribution is 0.0658. The van der Waals surface area contributed by atoms with Gasteiger partial charge < -0.3 is 4.74 Å². The molecule has 138 valence electrons. The van der Waals surface area contributed by atoms with Gasteiger partial charge in [-0.15, -0.1) is 0 Å². The summed E-state index contributed by atoms with van der Waals surface area (Å²) in [5.74, 6) is 2.32. The number of hydrogen-bond donors (Lipinski definition) is 0. The summed E-state index contributed by atoms with van der Waals surface area (Å²) in [5.41, 5.74) is 2.05. The van der Waals surface area contributed by atoms with Gasteiger partial charge in [0.1, 0.15) is 5.75 Å². The van der Waals surface area contributed by atoms with E-state index >= 15 is 0 Å². The van der Waals surface area contributed by atoms with Crippen LogP contribution in [0.2, 0.25) is 0 Å². The van der Waals surface area contributed by atoms with E-state index in [-0.39, 0.29) is 0 Å². The highest BCUT2D eigenvalue weighted by Gasteiger charge is 2.37. The minimum Gasteiger partial charge on any atom is -0.493 e. The molecule has 0 amide bonds. The van der Waals surface area contributed by atoms with Gasteiger partial charge in [-0.05, 0) is 79.9 Å². The molecule has 1 nitrogen and oxygen atoms in total. The Labute approximate surface area is 155 Å². The lowest BCUT2D eigenvalue weighted by atomic mass is 9.63. The zero-order chi connectivity index (χ0) is 17.5. The minimum atomic E-state index is 0.538. The van der Waals surface area contributed by atoms with Crippen molar-refractivity contribution in [2.75, 3.05) is 6.61 Å². The molecule has 1 unspecified atom stereocenters. The van der Waals surface area contributed by atoms with Crippen molar-refractivity contribution in [3.63, 3.8) is 0 Å². The third kappa shape index (κ3) is 5.02. The van der Waals surface area contributed by atoms with Crippen LogP contribution in [0.1, 0.15) is 88.5 Å². The van der Waals surface area contributed by atoms with Crippen LogP contribution in [0.15, 0.2) is 24.3 Å². The average Bonchev–Trinajstić information content (AvgIpc) is 2.66. The largest absolute Gasteiger partial charge is 0.493 e. The van der Waals surface area contributed by atoms with Crippen LogP contribution in [-0.4, -0.2) is 6.61 Å². The van der Waals surface area contributed by atoms with Crippen LogP contribution in [0, 0.1) is 25.2 Å². The third-order valence-corrected chi connectivity index (χ3v) is 6.69. The number of benzene rings is 1. The van der Waals surface area contributed by atoms with Gasteiger partial charge >= 0.3 is 0 Å². The summed E-state index contributed by atoms with van der Waals surface area (Å²) in [4.78, 5) is 0. The van der Waals surface area contributed by atoms with Crippen molar-refractivity contribution in [1.29, 1.82) is 0 Å². The summed E-state index contributed by atoms with van der Waals surface area (Å²) in [7, 11) is 0. The van der Waals surface area contributed by atoms with Crippen LogP contribution in [0.5, 0.6) is 5.75 Å². The Morgan fingerprint density at radius 2 is 1.72 bits per heavy atom. The molecular formula is C24H36O. The molecule has 2 radical (unpaired) electrons. The molecular weight excluding hydrogens is 304 g/mol. The minimum absolute atomic E-state index is 0.538. The molecule has 1 heteroatoms. The first-order chi connectivity index (χ1) is 12.2. The summed E-state index contributed by atoms with van der Waals surface area (Å²) in [6.45, 7) is 8.97. The van der Waals surface area contributed by atoms with Crippen molar-refractivity contribution in [3.8, 4) is 5.75 Å². The topological polar surface area (TPSA) is 9.23 Å². The van der Waals surface area contributed by atoms with E-state index in [4.69, 9.17) is 4.74 Å². The van der Waals surface area contributed by atoms with Gasteiger partial charge in [-0.2, -0.15) is 0 Å². The Bertz CT molecular complexity index is 492. The summed E-state index contributed by atoms with van der Waals surface area (Å²) in [5, 5.41) is 0. The molecule has 2 aliphatic rings. The molecule has 0 aliphatic heterocycles. The van der Waals surface area contributed by atoms with Crippen molar-refractivity contribution < 1.29 is 4.74 Å². The van der Waals surface area contributed by atoms with E-state index in [1.807, 2.05) is 0 Å². The van der Waals surface area contributed by atoms with Crippen LogP contribution in [-0.2, 0) is 0 Å². The maximum Gasteiger partial charge on any atom is 0.119 e. The lowest BCUT2D eigenvalue weighted by Gasteiger charge is -2.43. The Morgan fingerprint density at radius 3 is 2.40 bits per heavy atom. The molecule has 1 aromatic carbocycles. The molecule has 0 N–H and O–H groups in total. The SMILES string of the molecule is [CH2]CC[C@H](C[CH2])c1ccc(OCC2CCCC3(CCCCC3)C2)cc1. The first-order valence-corrected chi connectivity index (χ1v) is 10.6. The van der Waals surface area contributed by atoms with Gasteiger partial charge in [0, 0.05) is 0 Å². The Balaban J connectivity index is 1.51. The highest BCUT2D eigenvalue weighted by molar-refractivity contribution is 5.29. The van der Waals surface area contributed by atoms with E-state index in [0.29, 0.717) is 11.3 Å². The molecule has 0 saturated heterocycles. The Morgan fingerprint density at radius 1 is 1.00 bits per heavy atom. The van der Waals surface area contributed by atoms with Crippen molar-refractivity contribution in [1.82, 2.24) is 0 Å². The first kappa shape index (κ1) is 18.8. The van der Waals surface area contributed by atoms with Gasteiger partial charge in [-0.25, -0.2) is 0 Å². The zero-order valence-corrected chi connectivity index (χ0v) is 16.0. The quantitative estimate of drug-likeness (QED) is 0.513. The van der Waals surface area contributed by atoms with E-state index in [0.717, 1.165) is 37.5 Å². The number of rotatable bonds is 7. The van der Waals surface area contributed by atoms with E-state index < -0.39 is 0 Å². The number of ether oxygens (including phenoxy) is 1. The Hall–Kier alpha value is -0.980. The first-order valence-electron chi connectivity index (χ1n) is 10.6. The predicted octanol–water partition coefficient (Wildman–Crippen LogP) is 7.13. The molecule has 2 aliphatic carbocycles. The second-order valence-electron chi connectivity index (χ2n) is 8.53. The van der Waals surface area contributed by atoms with E-state index in [2.05, 4.69) is 38.1 Å². The maximum atomic E-state index is 6.18. The summed E-state index contributed by atoms with van der Waals surface area (Å²) in [6, 6.07) is 8.76. The van der Waals surface area contributed by atoms with Crippen LogP contribution in [0.4, 0.5) is 0 Å². The monoisotopic (exact) mass is 340 g/mol. The van der Waals surface area contributed by atoms with Gasteiger partial charge in [0.2, 0.25) is 0 Å². The highest BCUT2D eigenvalue weighted by Crippen LogP contribution is 2.49. The standard InChI is InChI=1S/C24H36O/c1-3-9-21(4-2)22-11-13-23(14-12-22)25-19-20-10-8-17-24(18-20)15-6-5-7-16-24/h11-14,20-21H,1-10,15-19H2/t20?,21-/m0/s1. The molecule has 2 atom stereocenters. The van der Waals surface area contributed by atoms with Gasteiger partial charge in [-0.1, -0.05) is 58.1 Å². The normalized spacial score (nSPS) is 24.2. The molecule has 0 aromatic heterocycles. The third-order valence-electron chi connectivity index (χ3n) is 6.69. The van der Waals surface area contributed by atoms with E-state index in [1.54, 1.807) is 0 Å². The van der Waals surface area contributed by atoms with Crippen LogP contribution >= 0.6 is 0 Å². The molecule has 25 heavy (non-hydrogen) atoms. The summed E-state index contributed by atoms with van der Waals surface area (Å²) in [6.07, 6.45) is 16.0. The second kappa shape index (κ2) is 9.10. The van der Waals surface area contributed by atoms with Crippen molar-refractivity contribution >= 4 is 0 Å². The fourth-order valence-electron chi connectivity index (χ4n) is 5.25. The molecule has 0 bridgehead atoms. The molecule has 2 saturated carbocycles. The number of hydrogen-bond acceptors (Lipinski definition) is 1. The van der Waals surface area contributed by atoms with Gasteiger partial charge in [0.15, 0.2) is 0 Å². The molecule has 1 aromatic rings. The fraction of sp³-hybridized carbons (Fsp3) is 0.667. The van der Waals surface area contributed by atoms with Crippen LogP contribution < -0.4 is 4.74 Å². The zero-order valence-electron chi connectivity index (χ0n) is 16.0. The fourth-order valence-corrected chi connectivity index (χ4v) is 5.25. The van der Waals surface area contributed by atoms with Gasteiger partial charge in [0.25, 0.3) is 0 Å². The molecule has 2 fully saturated rings.